The zero-order valence-corrected chi connectivity index (χ0v) is 70.1. The third kappa shape index (κ3) is 27.5. The van der Waals surface area contributed by atoms with Gasteiger partial charge in [0.2, 0.25) is 5.91 Å². The fourth-order valence-corrected chi connectivity index (χ4v) is 15.4. The molecule has 4 aliphatic carbocycles. The molecule has 0 spiro atoms. The number of ether oxygens (including phenoxy) is 5. The number of Topliss-reactive ketones (excluding diaryl/α,β-unsaturated/α-hetero) is 2. The number of likely N-dealkylation sites (tertiary alicyclic amines) is 1. The highest BCUT2D eigenvalue weighted by Crippen LogP contribution is 2.35. The highest BCUT2D eigenvalue weighted by Gasteiger charge is 2.46. The summed E-state index contributed by atoms with van der Waals surface area (Å²) in [5, 5.41) is 43.3. The maximum absolute atomic E-state index is 16.1. The van der Waals surface area contributed by atoms with Crippen LogP contribution in [0.25, 0.3) is 0 Å². The van der Waals surface area contributed by atoms with Crippen LogP contribution in [-0.4, -0.2) is 185 Å². The molecule has 118 heavy (non-hydrogen) atoms. The summed E-state index contributed by atoms with van der Waals surface area (Å²) < 4.78 is 28.1. The van der Waals surface area contributed by atoms with E-state index in [0.717, 1.165) is 31.4 Å². The van der Waals surface area contributed by atoms with Crippen LogP contribution in [0.3, 0.4) is 0 Å². The van der Waals surface area contributed by atoms with Gasteiger partial charge in [0.1, 0.15) is 29.0 Å². The summed E-state index contributed by atoms with van der Waals surface area (Å²) >= 11 is 0. The highest BCUT2D eigenvalue weighted by molar-refractivity contribution is 6.11. The fourth-order valence-electron chi connectivity index (χ4n) is 15.4. The van der Waals surface area contributed by atoms with Crippen LogP contribution in [0.15, 0.2) is 95.2 Å². The first-order chi connectivity index (χ1) is 55.6. The van der Waals surface area contributed by atoms with E-state index < -0.39 is 185 Å². The average Bonchev–Trinajstić information content (AvgIpc) is 1.58. The van der Waals surface area contributed by atoms with Gasteiger partial charge in [-0.1, -0.05) is 51.4 Å². The third-order valence-electron chi connectivity index (χ3n) is 21.1. The second kappa shape index (κ2) is 40.4. The van der Waals surface area contributed by atoms with Crippen molar-refractivity contribution in [1.29, 1.82) is 0 Å². The normalized spacial score (nSPS) is 21.6. The van der Waals surface area contributed by atoms with Gasteiger partial charge in [-0.05, 0) is 214 Å². The van der Waals surface area contributed by atoms with Gasteiger partial charge >= 0.3 is 30.3 Å². The molecule has 1 saturated heterocycles. The van der Waals surface area contributed by atoms with Gasteiger partial charge in [0, 0.05) is 101 Å². The van der Waals surface area contributed by atoms with Crippen molar-refractivity contribution in [3.05, 3.63) is 128 Å². The lowest BCUT2D eigenvalue weighted by Crippen LogP contribution is -2.54. The van der Waals surface area contributed by atoms with Gasteiger partial charge < -0.3 is 76.0 Å². The second-order valence-electron chi connectivity index (χ2n) is 35.1. The maximum Gasteiger partial charge on any atom is 0.407 e. The minimum atomic E-state index is -1.48. The number of azo groups is 1. The number of nitro groups is 1. The predicted molar refractivity (Wildman–Crippen MR) is 438 cm³/mol. The topological polar surface area (TPSA) is 422 Å². The predicted octanol–water partition coefficient (Wildman–Crippen LogP) is 13.3. The highest BCUT2D eigenvalue weighted by atomic mass is 16.6. The molecule has 4 saturated carbocycles. The van der Waals surface area contributed by atoms with Crippen molar-refractivity contribution in [2.45, 2.75) is 276 Å². The minimum Gasteiger partial charge on any atom is -0.464 e. The quantitative estimate of drug-likeness (QED) is 0.00686. The van der Waals surface area contributed by atoms with Crippen molar-refractivity contribution in [2.24, 2.45) is 22.1 Å². The number of alkyl carbamates (subject to hydrolysis) is 4. The van der Waals surface area contributed by atoms with Crippen LogP contribution in [0.4, 0.5) is 41.9 Å². The molecule has 5 fully saturated rings. The van der Waals surface area contributed by atoms with E-state index in [-0.39, 0.29) is 52.2 Å². The maximum atomic E-state index is 16.1. The Morgan fingerprint density at radius 2 is 0.695 bits per heavy atom. The summed E-state index contributed by atoms with van der Waals surface area (Å²) in [6.45, 7) is 22.4. The van der Waals surface area contributed by atoms with Gasteiger partial charge in [-0.3, -0.25) is 48.5 Å². The van der Waals surface area contributed by atoms with Crippen LogP contribution in [0.1, 0.15) is 268 Å². The molecule has 1 aliphatic heterocycles. The molecule has 0 bridgehead atoms. The summed E-state index contributed by atoms with van der Waals surface area (Å²) in [4.78, 5) is 188. The molecule has 1 heterocycles. The van der Waals surface area contributed by atoms with E-state index in [1.54, 1.807) is 107 Å². The number of hydrogen-bond acceptors (Lipinski definition) is 22. The Labute approximate surface area is 689 Å². The molecular formula is C86H117N13O19. The van der Waals surface area contributed by atoms with Crippen molar-refractivity contribution in [3.63, 3.8) is 0 Å². The molecule has 32 heteroatoms. The molecule has 0 unspecified atom stereocenters. The molecule has 4 aromatic rings. The number of rotatable bonds is 27. The van der Waals surface area contributed by atoms with Gasteiger partial charge in [-0.25, -0.2) is 19.2 Å². The summed E-state index contributed by atoms with van der Waals surface area (Å²) in [6.07, 6.45) is 5.63. The van der Waals surface area contributed by atoms with E-state index >= 15 is 28.8 Å². The van der Waals surface area contributed by atoms with Crippen molar-refractivity contribution >= 4 is 94.2 Å². The number of carbonyl (C=O) groups excluding carboxylic acids is 12. The van der Waals surface area contributed by atoms with E-state index in [9.17, 15) is 38.9 Å². The van der Waals surface area contributed by atoms with E-state index in [0.29, 0.717) is 95.0 Å². The molecule has 640 valence electrons. The van der Waals surface area contributed by atoms with Gasteiger partial charge in [-0.15, -0.1) is 0 Å². The molecular weight excluding hydrogens is 1520 g/mol. The number of benzene rings is 4. The molecule has 32 nitrogen and oxygen atoms in total. The van der Waals surface area contributed by atoms with Crippen LogP contribution in [-0.2, 0) is 33.3 Å². The van der Waals surface area contributed by atoms with E-state index in [4.69, 9.17) is 23.7 Å². The number of carbonyl (C=O) groups is 12. The Morgan fingerprint density at radius 3 is 0.975 bits per heavy atom. The zero-order valence-electron chi connectivity index (χ0n) is 70.1. The average molecular weight is 1640 g/mol. The number of ketones is 2. The van der Waals surface area contributed by atoms with Gasteiger partial charge in [0.15, 0.2) is 11.6 Å². The fraction of sp³-hybridized carbons (Fsp3) is 0.581. The number of anilines is 1. The lowest BCUT2D eigenvalue weighted by atomic mass is 9.82. The number of likely N-dealkylation sites (N-methyl/N-ethyl adjacent to an activating group) is 1. The van der Waals surface area contributed by atoms with Crippen LogP contribution < -0.4 is 47.4 Å². The first kappa shape index (κ1) is 90.8. The largest absolute Gasteiger partial charge is 0.464 e. The zero-order chi connectivity index (χ0) is 86.0. The first-order valence-electron chi connectivity index (χ1n) is 41.2. The van der Waals surface area contributed by atoms with Crippen molar-refractivity contribution in [1.82, 2.24) is 47.4 Å². The van der Waals surface area contributed by atoms with Crippen molar-refractivity contribution < 1.29 is 86.1 Å². The van der Waals surface area contributed by atoms with Crippen LogP contribution >= 0.6 is 0 Å². The summed E-state index contributed by atoms with van der Waals surface area (Å²) in [5.74, 6) is -8.83. The lowest BCUT2D eigenvalue weighted by Gasteiger charge is -2.34. The van der Waals surface area contributed by atoms with Crippen LogP contribution in [0, 0.1) is 22.0 Å². The van der Waals surface area contributed by atoms with Gasteiger partial charge in [-0.2, -0.15) is 10.2 Å². The molecule has 9 amide bonds. The smallest absolute Gasteiger partial charge is 0.407 e. The standard InChI is InChI=1S/C86H117N13O19/c1-14-97(59-35-31-57(32-36-59)95-96-58-33-37-60(38-34-58)99(112)113)41-42-114-72(101)40-39-71(100)98-49-61(73(102)51-43-53(75(104)87-63-23-15-19-27-67(63)91-79(108)115-83(2,3)4)47-54(44-51)76(105)88-64-24-16-20-28-68(64)92-80(109)116-84(5,6)7)62(50-98)74(103)52-45-55(77(106)89-65-25-17-21-29-69(65)93-81(110)117-85(8,9)10)48-56(46-52)78(107)90-66-26-18-22-30-70(66)94-82(111)118-86(11,12)13/h31-38,43-48,61-70H,14-30,39-42,49-50H2,1-13H3,(H,87,104)(H,88,105)(H,89,106)(H,90,107)(H,91,108)(H,92,109)(H,93,110)(H,94,111)/t61-,62-,63-,64-,65-,66-,67-,68-,69-,70-/m1/s1. The van der Waals surface area contributed by atoms with Gasteiger partial charge in [0.05, 0.1) is 65.3 Å². The SMILES string of the molecule is CCN(CCOC(=O)CCC(=O)N1C[C@@H](C(=O)c2cc(C(=O)N[C@@H]3CCCC[C@H]3NC(=O)OC(C)(C)C)cc(C(=O)N[C@@H]3CCCC[C@H]3NC(=O)OC(C)(C)C)c2)[C@H](C(=O)c2cc(C(=O)N[C@@H]3CCCC[C@H]3NC(=O)OC(C)(C)C)cc(C(=O)N[C@@H]3CCCC[C@H]3NC(=O)OC(C)(C)C)c2)C1)c1ccc(N=Nc2ccc([N+](=O)[O-])cc2)cc1. The molecule has 10 atom stereocenters. The number of nitro benzene ring substituents is 1. The molecule has 5 aliphatic rings. The summed E-state index contributed by atoms with van der Waals surface area (Å²) in [5.41, 5.74) is -2.82. The van der Waals surface area contributed by atoms with Crippen LogP contribution in [0.2, 0.25) is 0 Å². The Balaban J connectivity index is 1.05. The Kier molecular flexibility index (Phi) is 31.1. The van der Waals surface area contributed by atoms with Crippen LogP contribution in [0.5, 0.6) is 0 Å². The minimum absolute atomic E-state index is 0.0800. The number of nitrogens with one attached hydrogen (secondary N) is 8. The van der Waals surface area contributed by atoms with Crippen molar-refractivity contribution in [2.75, 3.05) is 37.7 Å². The Hall–Kier alpha value is -11.1. The summed E-state index contributed by atoms with van der Waals surface area (Å²) in [7, 11) is 0. The number of esters is 1. The van der Waals surface area contributed by atoms with E-state index in [2.05, 4.69) is 52.8 Å². The third-order valence-corrected chi connectivity index (χ3v) is 21.1. The molecule has 4 aromatic carbocycles. The lowest BCUT2D eigenvalue weighted by molar-refractivity contribution is -0.384. The molecule has 0 radical (unpaired) electrons. The Morgan fingerprint density at radius 1 is 0.415 bits per heavy atom. The van der Waals surface area contributed by atoms with Gasteiger partial charge in [0.25, 0.3) is 29.3 Å². The second-order valence-corrected chi connectivity index (χ2v) is 35.1. The first-order valence-corrected chi connectivity index (χ1v) is 41.2. The van der Waals surface area contributed by atoms with E-state index in [1.165, 1.54) is 65.6 Å². The Bertz CT molecular complexity index is 3970. The molecule has 8 N–H and O–H groups in total. The summed E-state index contributed by atoms with van der Waals surface area (Å²) in [6, 6.07) is 15.5. The van der Waals surface area contributed by atoms with Crippen molar-refractivity contribution in [3.8, 4) is 0 Å². The number of nitrogens with zero attached hydrogens (tertiary/aromatic N) is 5. The monoisotopic (exact) mass is 1640 g/mol. The number of amides is 9. The molecule has 9 rings (SSSR count). The van der Waals surface area contributed by atoms with E-state index in [1.807, 2.05) is 11.8 Å². The molecule has 0 aromatic heterocycles. The number of non-ortho nitro benzene ring substituents is 1. The number of hydrogen-bond donors (Lipinski definition) is 8.